The minimum absolute atomic E-state index is 0.202. The number of benzene rings is 2. The predicted molar refractivity (Wildman–Crippen MR) is 136 cm³/mol. The van der Waals surface area contributed by atoms with Crippen LogP contribution in [0.1, 0.15) is 50.4 Å². The van der Waals surface area contributed by atoms with Gasteiger partial charge in [0.25, 0.3) is 0 Å². The third-order valence-corrected chi connectivity index (χ3v) is 7.30. The number of hydrogen-bond acceptors (Lipinski definition) is 5. The summed E-state index contributed by atoms with van der Waals surface area (Å²) in [5.74, 6) is 0. The van der Waals surface area contributed by atoms with E-state index in [1.807, 2.05) is 25.7 Å². The lowest BCUT2D eigenvalue weighted by atomic mass is 10.0. The molecule has 0 aliphatic carbocycles. The molecule has 1 amide bonds. The van der Waals surface area contributed by atoms with E-state index in [0.29, 0.717) is 25.2 Å². The smallest absolute Gasteiger partial charge is 0.410 e. The summed E-state index contributed by atoms with van der Waals surface area (Å²) in [6.45, 7) is 15.4. The van der Waals surface area contributed by atoms with Crippen LogP contribution in [0, 0.1) is 0 Å². The third-order valence-electron chi connectivity index (χ3n) is 7.30. The van der Waals surface area contributed by atoms with Crippen molar-refractivity contribution in [3.8, 4) is 0 Å². The highest BCUT2D eigenvalue weighted by molar-refractivity contribution is 5.68. The number of anilines is 1. The second-order valence-electron chi connectivity index (χ2n) is 11.1. The molecule has 0 aromatic heterocycles. The van der Waals surface area contributed by atoms with Gasteiger partial charge in [-0.2, -0.15) is 0 Å². The fourth-order valence-electron chi connectivity index (χ4n) is 5.64. The average Bonchev–Trinajstić information content (AvgIpc) is 3.17. The summed E-state index contributed by atoms with van der Waals surface area (Å²) < 4.78 is 5.55. The summed E-state index contributed by atoms with van der Waals surface area (Å²) >= 11 is 0. The monoisotopic (exact) mass is 462 g/mol. The lowest BCUT2D eigenvalue weighted by Gasteiger charge is -2.42. The van der Waals surface area contributed by atoms with Crippen molar-refractivity contribution < 1.29 is 9.53 Å². The van der Waals surface area contributed by atoms with E-state index in [2.05, 4.69) is 70.2 Å². The van der Waals surface area contributed by atoms with Crippen LogP contribution >= 0.6 is 0 Å². The molecule has 0 spiro atoms. The fourth-order valence-corrected chi connectivity index (χ4v) is 5.64. The number of amides is 1. The number of carbonyl (C=O) groups is 1. The van der Waals surface area contributed by atoms with Crippen molar-refractivity contribution in [1.29, 1.82) is 0 Å². The maximum atomic E-state index is 12.4. The number of carbonyl (C=O) groups excluding carboxylic acids is 1. The topological polar surface area (TPSA) is 39.3 Å². The Labute approximate surface area is 204 Å². The Morgan fingerprint density at radius 2 is 1.74 bits per heavy atom. The average molecular weight is 463 g/mol. The van der Waals surface area contributed by atoms with Crippen molar-refractivity contribution in [2.24, 2.45) is 0 Å². The van der Waals surface area contributed by atoms with E-state index in [9.17, 15) is 4.79 Å². The first kappa shape index (κ1) is 23.2. The van der Waals surface area contributed by atoms with Crippen molar-refractivity contribution in [2.75, 3.05) is 44.2 Å². The van der Waals surface area contributed by atoms with E-state index in [4.69, 9.17) is 4.74 Å². The number of nitrogens with zero attached hydrogens (tertiary/aromatic N) is 4. The maximum Gasteiger partial charge on any atom is 0.410 e. The third kappa shape index (κ3) is 4.93. The second-order valence-corrected chi connectivity index (χ2v) is 11.1. The van der Waals surface area contributed by atoms with Gasteiger partial charge in [-0.05, 0) is 56.5 Å². The largest absolute Gasteiger partial charge is 0.444 e. The highest BCUT2D eigenvalue weighted by atomic mass is 16.6. The molecule has 2 atom stereocenters. The molecule has 2 aromatic rings. The van der Waals surface area contributed by atoms with E-state index < -0.39 is 5.60 Å². The highest BCUT2D eigenvalue weighted by Gasteiger charge is 2.39. The zero-order valence-corrected chi connectivity index (χ0v) is 21.0. The summed E-state index contributed by atoms with van der Waals surface area (Å²) in [7, 11) is 0. The second kappa shape index (κ2) is 9.23. The van der Waals surface area contributed by atoms with Gasteiger partial charge in [0.05, 0.1) is 0 Å². The van der Waals surface area contributed by atoms with E-state index in [1.165, 1.54) is 22.4 Å². The molecule has 6 nitrogen and oxygen atoms in total. The van der Waals surface area contributed by atoms with Gasteiger partial charge in [0, 0.05) is 70.1 Å². The van der Waals surface area contributed by atoms with Crippen LogP contribution in [0.15, 0.2) is 48.5 Å². The first-order valence-electron chi connectivity index (χ1n) is 12.6. The Bertz CT molecular complexity index is 1010. The van der Waals surface area contributed by atoms with Crippen LogP contribution in [0.4, 0.5) is 10.5 Å². The number of fused-ring (bicyclic) bond motifs is 3. The zero-order valence-electron chi connectivity index (χ0n) is 21.0. The standard InChI is InChI=1S/C28H38N4O2/c1-21-17-29(18-22-8-6-5-7-9-22)20-26-25-11-10-24(16-23(25)19-32(21)26)30-12-14-31(15-13-30)27(33)34-28(2,3)4/h5-11,16,21,26H,12-15,17-20H2,1-4H3/t21-,26-/m1/s1. The molecule has 0 saturated carbocycles. The maximum absolute atomic E-state index is 12.4. The molecule has 34 heavy (non-hydrogen) atoms. The minimum Gasteiger partial charge on any atom is -0.444 e. The summed E-state index contributed by atoms with van der Waals surface area (Å²) in [6.07, 6.45) is -0.202. The Hall–Kier alpha value is -2.57. The van der Waals surface area contributed by atoms with Crippen molar-refractivity contribution in [1.82, 2.24) is 14.7 Å². The quantitative estimate of drug-likeness (QED) is 0.671. The normalized spacial score (nSPS) is 23.5. The molecule has 182 valence electrons. The van der Waals surface area contributed by atoms with E-state index >= 15 is 0 Å². The number of rotatable bonds is 3. The van der Waals surface area contributed by atoms with Gasteiger partial charge < -0.3 is 14.5 Å². The molecular weight excluding hydrogens is 424 g/mol. The first-order valence-corrected chi connectivity index (χ1v) is 12.6. The summed E-state index contributed by atoms with van der Waals surface area (Å²) in [5.41, 5.74) is 5.17. The van der Waals surface area contributed by atoms with Crippen LogP contribution in [0.5, 0.6) is 0 Å². The van der Waals surface area contributed by atoms with Crippen molar-refractivity contribution in [3.63, 3.8) is 0 Å². The Morgan fingerprint density at radius 3 is 2.44 bits per heavy atom. The highest BCUT2D eigenvalue weighted by Crippen LogP contribution is 2.40. The van der Waals surface area contributed by atoms with Gasteiger partial charge in [-0.1, -0.05) is 36.4 Å². The zero-order chi connectivity index (χ0) is 23.9. The van der Waals surface area contributed by atoms with Gasteiger partial charge in [-0.15, -0.1) is 0 Å². The van der Waals surface area contributed by atoms with Gasteiger partial charge in [-0.3, -0.25) is 9.80 Å². The Balaban J connectivity index is 1.23. The van der Waals surface area contributed by atoms with Crippen LogP contribution in [0.2, 0.25) is 0 Å². The molecule has 2 fully saturated rings. The van der Waals surface area contributed by atoms with Crippen LogP contribution in [-0.4, -0.2) is 71.7 Å². The lowest BCUT2D eigenvalue weighted by Crippen LogP contribution is -2.50. The molecule has 0 N–H and O–H groups in total. The van der Waals surface area contributed by atoms with Crippen LogP contribution in [0.3, 0.4) is 0 Å². The van der Waals surface area contributed by atoms with Gasteiger partial charge in [0.15, 0.2) is 0 Å². The van der Waals surface area contributed by atoms with Gasteiger partial charge in [0.1, 0.15) is 5.60 Å². The predicted octanol–water partition coefficient (Wildman–Crippen LogP) is 4.50. The van der Waals surface area contributed by atoms with Gasteiger partial charge >= 0.3 is 6.09 Å². The number of ether oxygens (including phenoxy) is 1. The molecular formula is C28H38N4O2. The molecule has 2 aromatic carbocycles. The molecule has 3 heterocycles. The SMILES string of the molecule is C[C@@H]1CN(Cc2ccccc2)C[C@@H]2c3ccc(N4CCN(C(=O)OC(C)(C)C)CC4)cc3CN12. The van der Waals surface area contributed by atoms with Crippen LogP contribution in [-0.2, 0) is 17.8 Å². The lowest BCUT2D eigenvalue weighted by molar-refractivity contribution is 0.0240. The molecule has 2 saturated heterocycles. The first-order chi connectivity index (χ1) is 16.3. The molecule has 6 heteroatoms. The minimum atomic E-state index is -0.450. The number of piperazine rings is 2. The van der Waals surface area contributed by atoms with E-state index in [-0.39, 0.29) is 6.09 Å². The molecule has 5 rings (SSSR count). The van der Waals surface area contributed by atoms with Crippen molar-refractivity contribution in [2.45, 2.75) is 58.5 Å². The molecule has 3 aliphatic rings. The molecule has 0 bridgehead atoms. The van der Waals surface area contributed by atoms with Crippen LogP contribution in [0.25, 0.3) is 0 Å². The van der Waals surface area contributed by atoms with E-state index in [0.717, 1.165) is 39.3 Å². The molecule has 0 radical (unpaired) electrons. The van der Waals surface area contributed by atoms with Crippen molar-refractivity contribution in [3.05, 3.63) is 65.2 Å². The summed E-state index contributed by atoms with van der Waals surface area (Å²) in [6, 6.07) is 18.9. The summed E-state index contributed by atoms with van der Waals surface area (Å²) in [4.78, 5) is 21.9. The van der Waals surface area contributed by atoms with E-state index in [1.54, 1.807) is 0 Å². The van der Waals surface area contributed by atoms with Crippen molar-refractivity contribution >= 4 is 11.8 Å². The summed E-state index contributed by atoms with van der Waals surface area (Å²) in [5, 5.41) is 0. The van der Waals surface area contributed by atoms with Gasteiger partial charge in [-0.25, -0.2) is 4.79 Å². The number of hydrogen-bond donors (Lipinski definition) is 0. The fraction of sp³-hybridized carbons (Fsp3) is 0.536. The molecule has 0 unspecified atom stereocenters. The Morgan fingerprint density at radius 1 is 1.00 bits per heavy atom. The molecule has 3 aliphatic heterocycles. The Kier molecular flexibility index (Phi) is 6.30. The van der Waals surface area contributed by atoms with Gasteiger partial charge in [0.2, 0.25) is 0 Å². The van der Waals surface area contributed by atoms with Crippen LogP contribution < -0.4 is 4.90 Å².